The normalized spacial score (nSPS) is 10.9. The topological polar surface area (TPSA) is 132 Å². The first-order valence-electron chi connectivity index (χ1n) is 11.7. The summed E-state index contributed by atoms with van der Waals surface area (Å²) in [4.78, 5) is 35.8. The van der Waals surface area contributed by atoms with Crippen LogP contribution in [-0.2, 0) is 4.79 Å². The Morgan fingerprint density at radius 3 is 2.54 bits per heavy atom. The number of amides is 2. The molecule has 0 saturated carbocycles. The van der Waals surface area contributed by atoms with E-state index >= 15 is 0 Å². The number of fused-ring (bicyclic) bond motifs is 1. The molecule has 0 aliphatic carbocycles. The third kappa shape index (κ3) is 7.18. The molecule has 3 aromatic carbocycles. The summed E-state index contributed by atoms with van der Waals surface area (Å²) in [6.07, 6.45) is 1.44. The van der Waals surface area contributed by atoms with Crippen molar-refractivity contribution in [3.05, 3.63) is 91.3 Å². The van der Waals surface area contributed by atoms with Gasteiger partial charge in [0.05, 0.1) is 22.6 Å². The molecule has 0 radical (unpaired) electrons. The van der Waals surface area contributed by atoms with Crippen LogP contribution in [0.1, 0.15) is 27.7 Å². The quantitative estimate of drug-likeness (QED) is 0.127. The Morgan fingerprint density at radius 1 is 1.08 bits per heavy atom. The number of nitro groups is 1. The molecule has 1 aromatic heterocycles. The SMILES string of the molecule is CCOc1cc(/C=N\NC(=O)c2cc3cc([N+](=O)[O-])ccc3s2)c(Br)cc1OCC(=O)Nc1ccc(C)cc1. The van der Waals surface area contributed by atoms with Crippen LogP contribution in [0.2, 0.25) is 0 Å². The smallest absolute Gasteiger partial charge is 0.281 e. The number of rotatable bonds is 10. The van der Waals surface area contributed by atoms with Gasteiger partial charge in [0, 0.05) is 37.9 Å². The van der Waals surface area contributed by atoms with E-state index in [1.807, 2.05) is 38.1 Å². The fourth-order valence-corrected chi connectivity index (χ4v) is 4.84. The molecule has 0 spiro atoms. The minimum atomic E-state index is -0.480. The summed E-state index contributed by atoms with van der Waals surface area (Å²) >= 11 is 4.67. The van der Waals surface area contributed by atoms with Crippen molar-refractivity contribution in [3.8, 4) is 11.5 Å². The first-order valence-corrected chi connectivity index (χ1v) is 13.3. The zero-order chi connectivity index (χ0) is 27.9. The third-order valence-corrected chi connectivity index (χ3v) is 7.16. The molecule has 39 heavy (non-hydrogen) atoms. The number of ether oxygens (including phenoxy) is 2. The molecule has 10 nitrogen and oxygen atoms in total. The third-order valence-electron chi connectivity index (χ3n) is 5.36. The molecule has 4 aromatic rings. The highest BCUT2D eigenvalue weighted by atomic mass is 79.9. The second-order valence-electron chi connectivity index (χ2n) is 8.25. The van der Waals surface area contributed by atoms with Crippen molar-refractivity contribution < 1.29 is 24.0 Å². The molecular formula is C27H23BrN4O6S. The van der Waals surface area contributed by atoms with Crippen molar-refractivity contribution in [2.24, 2.45) is 5.10 Å². The average molecular weight is 611 g/mol. The number of non-ortho nitro benzene ring substituents is 1. The number of aryl methyl sites for hydroxylation is 1. The lowest BCUT2D eigenvalue weighted by atomic mass is 10.2. The van der Waals surface area contributed by atoms with E-state index in [1.165, 1.54) is 29.7 Å². The number of carbonyl (C=O) groups is 2. The minimum absolute atomic E-state index is 0.0421. The van der Waals surface area contributed by atoms with E-state index in [2.05, 4.69) is 31.8 Å². The second-order valence-corrected chi connectivity index (χ2v) is 10.2. The van der Waals surface area contributed by atoms with Crippen LogP contribution in [0.15, 0.2) is 70.2 Å². The molecule has 12 heteroatoms. The van der Waals surface area contributed by atoms with Gasteiger partial charge < -0.3 is 14.8 Å². The van der Waals surface area contributed by atoms with Crippen molar-refractivity contribution in [2.75, 3.05) is 18.5 Å². The summed E-state index contributed by atoms with van der Waals surface area (Å²) in [5, 5.41) is 18.4. The first-order chi connectivity index (χ1) is 18.7. The number of hydrogen-bond acceptors (Lipinski definition) is 8. The Morgan fingerprint density at radius 2 is 1.82 bits per heavy atom. The van der Waals surface area contributed by atoms with E-state index in [9.17, 15) is 19.7 Å². The summed E-state index contributed by atoms with van der Waals surface area (Å²) in [6, 6.07) is 16.8. The first kappa shape index (κ1) is 27.7. The van der Waals surface area contributed by atoms with Gasteiger partial charge in [-0.1, -0.05) is 17.7 Å². The van der Waals surface area contributed by atoms with Crippen LogP contribution in [0.25, 0.3) is 10.1 Å². The minimum Gasteiger partial charge on any atom is -0.490 e. The van der Waals surface area contributed by atoms with Gasteiger partial charge in [-0.2, -0.15) is 5.10 Å². The average Bonchev–Trinajstić information content (AvgIpc) is 3.34. The van der Waals surface area contributed by atoms with Crippen molar-refractivity contribution in [1.29, 1.82) is 0 Å². The van der Waals surface area contributed by atoms with E-state index < -0.39 is 10.8 Å². The molecule has 0 bridgehead atoms. The van der Waals surface area contributed by atoms with E-state index in [0.29, 0.717) is 44.1 Å². The Labute approximate surface area is 235 Å². The molecule has 2 amide bonds. The summed E-state index contributed by atoms with van der Waals surface area (Å²) < 4.78 is 12.7. The van der Waals surface area contributed by atoms with Crippen molar-refractivity contribution in [1.82, 2.24) is 5.43 Å². The number of thiophene rings is 1. The lowest BCUT2D eigenvalue weighted by Gasteiger charge is -2.14. The lowest BCUT2D eigenvalue weighted by Crippen LogP contribution is -2.20. The molecule has 1 heterocycles. The van der Waals surface area contributed by atoms with Gasteiger partial charge in [-0.15, -0.1) is 11.3 Å². The summed E-state index contributed by atoms with van der Waals surface area (Å²) in [5.74, 6) is 0.00321. The molecule has 0 atom stereocenters. The Kier molecular flexibility index (Phi) is 8.89. The Hall–Kier alpha value is -4.29. The maximum Gasteiger partial charge on any atom is 0.281 e. The van der Waals surface area contributed by atoms with Crippen LogP contribution in [0.3, 0.4) is 0 Å². The fraction of sp³-hybridized carbons (Fsp3) is 0.148. The zero-order valence-electron chi connectivity index (χ0n) is 20.9. The molecule has 2 N–H and O–H groups in total. The van der Waals surface area contributed by atoms with Gasteiger partial charge in [-0.05, 0) is 66.2 Å². The van der Waals surface area contributed by atoms with Crippen molar-refractivity contribution in [3.63, 3.8) is 0 Å². The highest BCUT2D eigenvalue weighted by Crippen LogP contribution is 2.33. The molecule has 0 aliphatic rings. The van der Waals surface area contributed by atoms with E-state index in [1.54, 1.807) is 24.3 Å². The van der Waals surface area contributed by atoms with Crippen LogP contribution in [-0.4, -0.2) is 36.2 Å². The molecule has 0 aliphatic heterocycles. The number of anilines is 1. The predicted molar refractivity (Wildman–Crippen MR) is 154 cm³/mol. The van der Waals surface area contributed by atoms with Gasteiger partial charge in [0.15, 0.2) is 18.1 Å². The van der Waals surface area contributed by atoms with Crippen molar-refractivity contribution >= 4 is 66.8 Å². The maximum atomic E-state index is 12.6. The number of nitrogens with one attached hydrogen (secondary N) is 2. The van der Waals surface area contributed by atoms with Gasteiger partial charge in [-0.25, -0.2) is 5.43 Å². The molecule has 0 fully saturated rings. The highest BCUT2D eigenvalue weighted by molar-refractivity contribution is 9.10. The van der Waals surface area contributed by atoms with Crippen LogP contribution in [0.5, 0.6) is 11.5 Å². The number of nitrogens with zero attached hydrogens (tertiary/aromatic N) is 2. The number of nitro benzene ring substituents is 1. The van der Waals surface area contributed by atoms with Crippen molar-refractivity contribution in [2.45, 2.75) is 13.8 Å². The number of carbonyl (C=O) groups excluding carboxylic acids is 2. The summed E-state index contributed by atoms with van der Waals surface area (Å²) in [7, 11) is 0. The molecular weight excluding hydrogens is 588 g/mol. The number of hydrogen-bond donors (Lipinski definition) is 2. The largest absolute Gasteiger partial charge is 0.490 e. The number of hydrazone groups is 1. The van der Waals surface area contributed by atoms with Gasteiger partial charge in [-0.3, -0.25) is 19.7 Å². The van der Waals surface area contributed by atoms with E-state index in [-0.39, 0.29) is 18.2 Å². The number of benzene rings is 3. The monoisotopic (exact) mass is 610 g/mol. The van der Waals surface area contributed by atoms with Crippen LogP contribution in [0.4, 0.5) is 11.4 Å². The predicted octanol–water partition coefficient (Wildman–Crippen LogP) is 6.06. The summed E-state index contributed by atoms with van der Waals surface area (Å²) in [5.41, 5.74) is 4.79. The Balaban J connectivity index is 1.41. The van der Waals surface area contributed by atoms with E-state index in [4.69, 9.17) is 9.47 Å². The van der Waals surface area contributed by atoms with Gasteiger partial charge in [0.25, 0.3) is 17.5 Å². The Bertz CT molecular complexity index is 1570. The molecule has 200 valence electrons. The maximum absolute atomic E-state index is 12.6. The second kappa shape index (κ2) is 12.5. The fourth-order valence-electron chi connectivity index (χ4n) is 3.48. The summed E-state index contributed by atoms with van der Waals surface area (Å²) in [6.45, 7) is 3.93. The zero-order valence-corrected chi connectivity index (χ0v) is 23.3. The standard InChI is InChI=1S/C27H23BrN4O6S/c1-3-37-22-11-18(21(28)13-23(22)38-15-26(33)30-19-6-4-16(2)5-7-19)14-29-31-27(34)25-12-17-10-20(32(35)36)8-9-24(17)39-25/h4-14H,3,15H2,1-2H3,(H,30,33)(H,31,34)/b29-14-. The number of halogens is 1. The molecule has 0 unspecified atom stereocenters. The molecule has 0 saturated heterocycles. The van der Waals surface area contributed by atoms with Crippen LogP contribution in [0, 0.1) is 17.0 Å². The molecule has 4 rings (SSSR count). The van der Waals surface area contributed by atoms with Crippen LogP contribution < -0.4 is 20.2 Å². The van der Waals surface area contributed by atoms with Gasteiger partial charge >= 0.3 is 0 Å². The highest BCUT2D eigenvalue weighted by Gasteiger charge is 2.14. The van der Waals surface area contributed by atoms with E-state index in [0.717, 1.165) is 10.3 Å². The van der Waals surface area contributed by atoms with Gasteiger partial charge in [0.2, 0.25) is 0 Å². The lowest BCUT2D eigenvalue weighted by molar-refractivity contribution is -0.384. The van der Waals surface area contributed by atoms with Crippen LogP contribution >= 0.6 is 27.3 Å². The van der Waals surface area contributed by atoms with Gasteiger partial charge in [0.1, 0.15) is 0 Å².